The quantitative estimate of drug-likeness (QED) is 0.780. The van der Waals surface area contributed by atoms with Crippen molar-refractivity contribution in [3.63, 3.8) is 0 Å². The third-order valence-electron chi connectivity index (χ3n) is 4.84. The minimum Gasteiger partial charge on any atom is -0.451 e. The molecule has 1 amide bonds. The molecule has 0 aliphatic rings. The summed E-state index contributed by atoms with van der Waals surface area (Å²) in [6.45, 7) is 5.19. The predicted molar refractivity (Wildman–Crippen MR) is 96.0 cm³/mol. The number of aliphatic hydroxyl groups excluding tert-OH is 1. The summed E-state index contributed by atoms with van der Waals surface area (Å²) in [7, 11) is 3.93. The van der Waals surface area contributed by atoms with E-state index in [0.717, 1.165) is 29.4 Å². The lowest BCUT2D eigenvalue weighted by molar-refractivity contribution is 0.0827. The standard InChI is InChI=1S/C19H28N2O3/c1-5-19(6-2,13-22)12-20-18(23)17-15(11-21(3)4)14-9-7-8-10-16(14)24-17/h7-10,22H,5-6,11-13H2,1-4H3,(H,20,23). The fraction of sp³-hybridized carbons (Fsp3) is 0.526. The number of furan rings is 1. The van der Waals surface area contributed by atoms with Crippen molar-refractivity contribution in [1.82, 2.24) is 10.2 Å². The zero-order chi connectivity index (χ0) is 17.7. The van der Waals surface area contributed by atoms with Crippen molar-refractivity contribution in [2.75, 3.05) is 27.2 Å². The largest absolute Gasteiger partial charge is 0.451 e. The first-order valence-corrected chi connectivity index (χ1v) is 8.50. The van der Waals surface area contributed by atoms with Crippen molar-refractivity contribution < 1.29 is 14.3 Å². The Morgan fingerprint density at radius 1 is 1.25 bits per heavy atom. The van der Waals surface area contributed by atoms with Crippen LogP contribution in [0.1, 0.15) is 42.8 Å². The molecule has 132 valence electrons. The molecule has 5 nitrogen and oxygen atoms in total. The van der Waals surface area contributed by atoms with Gasteiger partial charge in [-0.25, -0.2) is 0 Å². The number of hydrogen-bond donors (Lipinski definition) is 2. The smallest absolute Gasteiger partial charge is 0.287 e. The van der Waals surface area contributed by atoms with E-state index in [4.69, 9.17) is 4.42 Å². The number of aliphatic hydroxyl groups is 1. The topological polar surface area (TPSA) is 65.7 Å². The molecule has 0 aliphatic carbocycles. The van der Waals surface area contributed by atoms with Gasteiger partial charge in [0.2, 0.25) is 0 Å². The monoisotopic (exact) mass is 332 g/mol. The highest BCUT2D eigenvalue weighted by Crippen LogP contribution is 2.28. The summed E-state index contributed by atoms with van der Waals surface area (Å²) in [6, 6.07) is 7.70. The number of hydrogen-bond acceptors (Lipinski definition) is 4. The van der Waals surface area contributed by atoms with Crippen LogP contribution in [0.3, 0.4) is 0 Å². The molecule has 1 heterocycles. The number of benzene rings is 1. The molecule has 0 bridgehead atoms. The second-order valence-corrected chi connectivity index (χ2v) is 6.69. The van der Waals surface area contributed by atoms with Crippen molar-refractivity contribution in [2.24, 2.45) is 5.41 Å². The predicted octanol–water partition coefficient (Wildman–Crippen LogP) is 3.02. The second kappa shape index (κ2) is 7.81. The number of amides is 1. The van der Waals surface area contributed by atoms with Gasteiger partial charge in [0.25, 0.3) is 5.91 Å². The second-order valence-electron chi connectivity index (χ2n) is 6.69. The molecule has 0 fully saturated rings. The van der Waals surface area contributed by atoms with Crippen molar-refractivity contribution >= 4 is 16.9 Å². The normalized spacial score (nSPS) is 12.1. The fourth-order valence-corrected chi connectivity index (χ4v) is 2.88. The Labute approximate surface area is 143 Å². The Balaban J connectivity index is 2.28. The molecule has 1 aromatic heterocycles. The molecule has 24 heavy (non-hydrogen) atoms. The van der Waals surface area contributed by atoms with Crippen LogP contribution in [0.15, 0.2) is 28.7 Å². The molecule has 0 saturated carbocycles. The Kier molecular flexibility index (Phi) is 6.02. The number of para-hydroxylation sites is 1. The molecule has 2 rings (SSSR count). The summed E-state index contributed by atoms with van der Waals surface area (Å²) in [4.78, 5) is 14.7. The highest BCUT2D eigenvalue weighted by Gasteiger charge is 2.28. The van der Waals surface area contributed by atoms with Gasteiger partial charge in [0.1, 0.15) is 5.58 Å². The van der Waals surface area contributed by atoms with Crippen LogP contribution in [0.25, 0.3) is 11.0 Å². The third-order valence-corrected chi connectivity index (χ3v) is 4.84. The molecule has 0 spiro atoms. The summed E-state index contributed by atoms with van der Waals surface area (Å²) >= 11 is 0. The van der Waals surface area contributed by atoms with E-state index in [9.17, 15) is 9.90 Å². The lowest BCUT2D eigenvalue weighted by Crippen LogP contribution is -2.39. The Morgan fingerprint density at radius 2 is 1.92 bits per heavy atom. The van der Waals surface area contributed by atoms with Crippen molar-refractivity contribution in [2.45, 2.75) is 33.2 Å². The molecule has 0 aliphatic heterocycles. The summed E-state index contributed by atoms with van der Waals surface area (Å²) in [6.07, 6.45) is 1.62. The van der Waals surface area contributed by atoms with Gasteiger partial charge in [0.05, 0.1) is 6.61 Å². The van der Waals surface area contributed by atoms with Crippen LogP contribution in [0, 0.1) is 5.41 Å². The number of nitrogens with zero attached hydrogens (tertiary/aromatic N) is 1. The molecule has 2 aromatic rings. The summed E-state index contributed by atoms with van der Waals surface area (Å²) in [5, 5.41) is 13.6. The van der Waals surface area contributed by atoms with Gasteiger partial charge in [-0.2, -0.15) is 0 Å². The van der Waals surface area contributed by atoms with Crippen LogP contribution < -0.4 is 5.32 Å². The molecular formula is C19H28N2O3. The molecule has 0 unspecified atom stereocenters. The third kappa shape index (κ3) is 3.79. The maximum absolute atomic E-state index is 12.7. The van der Waals surface area contributed by atoms with Gasteiger partial charge in [-0.3, -0.25) is 4.79 Å². The van der Waals surface area contributed by atoms with Gasteiger partial charge in [0.15, 0.2) is 5.76 Å². The van der Waals surface area contributed by atoms with Crippen LogP contribution in [0.5, 0.6) is 0 Å². The summed E-state index contributed by atoms with van der Waals surface area (Å²) in [5.74, 6) is 0.145. The van der Waals surface area contributed by atoms with E-state index in [1.807, 2.05) is 57.1 Å². The Hall–Kier alpha value is -1.85. The SMILES string of the molecule is CCC(CC)(CO)CNC(=O)c1oc2ccccc2c1CN(C)C. The van der Waals surface area contributed by atoms with Crippen LogP contribution in [0.4, 0.5) is 0 Å². The maximum Gasteiger partial charge on any atom is 0.287 e. The van der Waals surface area contributed by atoms with Crippen LogP contribution in [-0.4, -0.2) is 43.2 Å². The fourth-order valence-electron chi connectivity index (χ4n) is 2.88. The van der Waals surface area contributed by atoms with Gasteiger partial charge in [-0.15, -0.1) is 0 Å². The molecule has 2 N–H and O–H groups in total. The molecule has 1 aromatic carbocycles. The van der Waals surface area contributed by atoms with Crippen molar-refractivity contribution in [3.05, 3.63) is 35.6 Å². The Morgan fingerprint density at radius 3 is 2.50 bits per heavy atom. The minimum absolute atomic E-state index is 0.0605. The summed E-state index contributed by atoms with van der Waals surface area (Å²) in [5.41, 5.74) is 1.35. The number of carbonyl (C=O) groups excluding carboxylic acids is 1. The van der Waals surface area contributed by atoms with E-state index >= 15 is 0 Å². The van der Waals surface area contributed by atoms with E-state index < -0.39 is 0 Å². The zero-order valence-electron chi connectivity index (χ0n) is 15.1. The first kappa shape index (κ1) is 18.5. The van der Waals surface area contributed by atoms with Crippen LogP contribution >= 0.6 is 0 Å². The molecule has 0 saturated heterocycles. The van der Waals surface area contributed by atoms with Crippen LogP contribution in [-0.2, 0) is 6.54 Å². The van der Waals surface area contributed by atoms with Gasteiger partial charge in [-0.1, -0.05) is 32.0 Å². The van der Waals surface area contributed by atoms with Gasteiger partial charge < -0.3 is 19.7 Å². The molecular weight excluding hydrogens is 304 g/mol. The molecule has 0 radical (unpaired) electrons. The Bertz CT molecular complexity index is 679. The summed E-state index contributed by atoms with van der Waals surface area (Å²) < 4.78 is 5.83. The first-order chi connectivity index (χ1) is 11.5. The van der Waals surface area contributed by atoms with Gasteiger partial charge >= 0.3 is 0 Å². The highest BCUT2D eigenvalue weighted by atomic mass is 16.3. The van der Waals surface area contributed by atoms with Crippen molar-refractivity contribution in [3.8, 4) is 0 Å². The zero-order valence-corrected chi connectivity index (χ0v) is 15.1. The first-order valence-electron chi connectivity index (χ1n) is 8.50. The number of nitrogens with one attached hydrogen (secondary N) is 1. The molecule has 0 atom stereocenters. The number of rotatable bonds is 8. The lowest BCUT2D eigenvalue weighted by atomic mass is 9.83. The average Bonchev–Trinajstić information content (AvgIpc) is 2.95. The van der Waals surface area contributed by atoms with Gasteiger partial charge in [-0.05, 0) is 33.0 Å². The maximum atomic E-state index is 12.7. The van der Waals surface area contributed by atoms with Crippen molar-refractivity contribution in [1.29, 1.82) is 0 Å². The van der Waals surface area contributed by atoms with Crippen LogP contribution in [0.2, 0.25) is 0 Å². The van der Waals surface area contributed by atoms with Gasteiger partial charge in [0, 0.05) is 29.5 Å². The lowest BCUT2D eigenvalue weighted by Gasteiger charge is -2.29. The molecule has 5 heteroatoms. The minimum atomic E-state index is -0.274. The van der Waals surface area contributed by atoms with E-state index in [0.29, 0.717) is 18.8 Å². The van der Waals surface area contributed by atoms with E-state index in [2.05, 4.69) is 5.32 Å². The number of carbonyl (C=O) groups is 1. The van der Waals surface area contributed by atoms with E-state index in [-0.39, 0.29) is 17.9 Å². The highest BCUT2D eigenvalue weighted by molar-refractivity contribution is 5.99. The average molecular weight is 332 g/mol. The van der Waals surface area contributed by atoms with E-state index in [1.165, 1.54) is 0 Å². The number of fused-ring (bicyclic) bond motifs is 1. The van der Waals surface area contributed by atoms with E-state index in [1.54, 1.807) is 0 Å².